The lowest BCUT2D eigenvalue weighted by Crippen LogP contribution is -2.00. The summed E-state index contributed by atoms with van der Waals surface area (Å²) in [7, 11) is 0. The van der Waals surface area contributed by atoms with Crippen LogP contribution in [0.25, 0.3) is 101 Å². The topological polar surface area (TPSA) is 38.7 Å². The molecule has 0 aliphatic heterocycles. The zero-order valence-electron chi connectivity index (χ0n) is 31.7. The minimum absolute atomic E-state index is 0.636. The van der Waals surface area contributed by atoms with Crippen LogP contribution in [0.2, 0.25) is 0 Å². The Hall–Kier alpha value is -7.75. The molecule has 0 fully saturated rings. The van der Waals surface area contributed by atoms with Crippen molar-refractivity contribution in [1.82, 2.24) is 15.0 Å². The Labute approximate surface area is 338 Å². The largest absolute Gasteiger partial charge is 0.208 e. The van der Waals surface area contributed by atoms with Gasteiger partial charge in [0.1, 0.15) is 0 Å². The van der Waals surface area contributed by atoms with E-state index in [2.05, 4.69) is 194 Å². The van der Waals surface area contributed by atoms with Crippen LogP contribution in [-0.4, -0.2) is 15.0 Å². The molecule has 0 aliphatic rings. The predicted octanol–water partition coefficient (Wildman–Crippen LogP) is 14.4. The van der Waals surface area contributed by atoms with E-state index in [1.54, 1.807) is 0 Å². The summed E-state index contributed by atoms with van der Waals surface area (Å²) < 4.78 is 0. The van der Waals surface area contributed by atoms with E-state index >= 15 is 0 Å². The average Bonchev–Trinajstić information content (AvgIpc) is 3.32. The molecule has 0 unspecified atom stereocenters. The second kappa shape index (κ2) is 15.4. The van der Waals surface area contributed by atoms with Crippen molar-refractivity contribution in [3.8, 4) is 89.8 Å². The molecular formula is C55H37N3. The monoisotopic (exact) mass is 739 g/mol. The lowest BCUT2D eigenvalue weighted by atomic mass is 9.92. The van der Waals surface area contributed by atoms with Crippen molar-refractivity contribution in [3.63, 3.8) is 0 Å². The molecule has 3 heteroatoms. The Morgan fingerprint density at radius 3 is 1.14 bits per heavy atom. The first-order valence-electron chi connectivity index (χ1n) is 19.6. The summed E-state index contributed by atoms with van der Waals surface area (Å²) in [5.74, 6) is 1.93. The summed E-state index contributed by atoms with van der Waals surface area (Å²) in [6.45, 7) is 0. The van der Waals surface area contributed by atoms with Crippen LogP contribution in [0, 0.1) is 0 Å². The fraction of sp³-hybridized carbons (Fsp3) is 0. The third-order valence-electron chi connectivity index (χ3n) is 10.7. The number of nitrogens with zero attached hydrogens (tertiary/aromatic N) is 3. The average molecular weight is 740 g/mol. The summed E-state index contributed by atoms with van der Waals surface area (Å²) in [4.78, 5) is 15.2. The van der Waals surface area contributed by atoms with E-state index in [1.807, 2.05) is 30.3 Å². The van der Waals surface area contributed by atoms with E-state index in [0.29, 0.717) is 17.5 Å². The molecule has 10 aromatic rings. The first-order valence-corrected chi connectivity index (χ1v) is 19.6. The molecule has 1 heterocycles. The Bertz CT molecular complexity index is 2970. The molecule has 3 nitrogen and oxygen atoms in total. The molecule has 58 heavy (non-hydrogen) atoms. The fourth-order valence-electron chi connectivity index (χ4n) is 7.72. The highest BCUT2D eigenvalue weighted by Gasteiger charge is 2.15. The van der Waals surface area contributed by atoms with Crippen LogP contribution in [0.4, 0.5) is 0 Å². The SMILES string of the molecule is c1ccc(-c2cc(-c3ccccc3)cc(-c3ccc(-c4cccc(-c5cccc(-c6nc(-c7ccccc7)nc(-c7cccc8ccccc78)n6)c5)c4)cc3)c2)cc1. The minimum Gasteiger partial charge on any atom is -0.208 e. The predicted molar refractivity (Wildman–Crippen MR) is 241 cm³/mol. The smallest absolute Gasteiger partial charge is 0.164 e. The van der Waals surface area contributed by atoms with Gasteiger partial charge in [-0.05, 0) is 96.7 Å². The van der Waals surface area contributed by atoms with Gasteiger partial charge < -0.3 is 0 Å². The molecule has 0 saturated carbocycles. The van der Waals surface area contributed by atoms with Crippen LogP contribution in [0.5, 0.6) is 0 Å². The molecule has 0 amide bonds. The second-order valence-electron chi connectivity index (χ2n) is 14.5. The van der Waals surface area contributed by atoms with Crippen molar-refractivity contribution < 1.29 is 0 Å². The Morgan fingerprint density at radius 1 is 0.207 bits per heavy atom. The van der Waals surface area contributed by atoms with Crippen molar-refractivity contribution >= 4 is 10.8 Å². The number of fused-ring (bicyclic) bond motifs is 1. The molecule has 0 aliphatic carbocycles. The molecule has 0 radical (unpaired) electrons. The molecule has 9 aromatic carbocycles. The van der Waals surface area contributed by atoms with Gasteiger partial charge >= 0.3 is 0 Å². The fourth-order valence-corrected chi connectivity index (χ4v) is 7.72. The molecule has 1 aromatic heterocycles. The van der Waals surface area contributed by atoms with Gasteiger partial charge in [-0.3, -0.25) is 0 Å². The van der Waals surface area contributed by atoms with Gasteiger partial charge in [0.25, 0.3) is 0 Å². The number of aromatic nitrogens is 3. The van der Waals surface area contributed by atoms with E-state index in [1.165, 1.54) is 33.4 Å². The molecule has 0 saturated heterocycles. The molecule has 0 atom stereocenters. The maximum absolute atomic E-state index is 5.11. The van der Waals surface area contributed by atoms with E-state index in [-0.39, 0.29) is 0 Å². The van der Waals surface area contributed by atoms with Crippen LogP contribution in [0.15, 0.2) is 224 Å². The van der Waals surface area contributed by atoms with E-state index in [9.17, 15) is 0 Å². The van der Waals surface area contributed by atoms with Crippen molar-refractivity contribution in [3.05, 3.63) is 224 Å². The van der Waals surface area contributed by atoms with Crippen LogP contribution in [0.1, 0.15) is 0 Å². The van der Waals surface area contributed by atoms with Crippen molar-refractivity contribution in [2.24, 2.45) is 0 Å². The summed E-state index contributed by atoms with van der Waals surface area (Å²) >= 11 is 0. The van der Waals surface area contributed by atoms with Gasteiger partial charge in [0.05, 0.1) is 0 Å². The van der Waals surface area contributed by atoms with Crippen molar-refractivity contribution in [2.45, 2.75) is 0 Å². The van der Waals surface area contributed by atoms with Gasteiger partial charge in [0, 0.05) is 16.7 Å². The Morgan fingerprint density at radius 2 is 0.552 bits per heavy atom. The van der Waals surface area contributed by atoms with Crippen LogP contribution in [-0.2, 0) is 0 Å². The maximum atomic E-state index is 5.11. The zero-order chi connectivity index (χ0) is 38.7. The minimum atomic E-state index is 0.636. The Kier molecular flexibility index (Phi) is 9.23. The number of hydrogen-bond acceptors (Lipinski definition) is 3. The number of benzene rings is 9. The standard InChI is InChI=1S/C55H37N3/c1-4-15-38(16-5-1)48-35-49(39-17-6-2-7-18-39)37-50(36-48)41-31-29-40(30-32-41)44-23-12-24-45(33-44)46-25-13-26-47(34-46)54-56-53(43-20-8-3-9-21-43)57-55(58-54)52-28-14-22-42-19-10-11-27-51(42)52/h1-37H. The van der Waals surface area contributed by atoms with Gasteiger partial charge in [0.15, 0.2) is 17.5 Å². The van der Waals surface area contributed by atoms with Crippen LogP contribution in [0.3, 0.4) is 0 Å². The molecule has 0 spiro atoms. The van der Waals surface area contributed by atoms with E-state index in [4.69, 9.17) is 15.0 Å². The first-order chi connectivity index (χ1) is 28.7. The van der Waals surface area contributed by atoms with Crippen molar-refractivity contribution in [1.29, 1.82) is 0 Å². The van der Waals surface area contributed by atoms with Gasteiger partial charge in [-0.2, -0.15) is 0 Å². The van der Waals surface area contributed by atoms with Gasteiger partial charge in [-0.25, -0.2) is 15.0 Å². The lowest BCUT2D eigenvalue weighted by Gasteiger charge is -2.12. The highest BCUT2D eigenvalue weighted by atomic mass is 15.0. The van der Waals surface area contributed by atoms with Gasteiger partial charge in [-0.1, -0.05) is 194 Å². The summed E-state index contributed by atoms with van der Waals surface area (Å²) in [6, 6.07) is 79.1. The molecular weight excluding hydrogens is 703 g/mol. The Balaban J connectivity index is 0.990. The quantitative estimate of drug-likeness (QED) is 0.156. The second-order valence-corrected chi connectivity index (χ2v) is 14.5. The lowest BCUT2D eigenvalue weighted by molar-refractivity contribution is 1.08. The normalized spacial score (nSPS) is 11.1. The van der Waals surface area contributed by atoms with E-state index in [0.717, 1.165) is 49.7 Å². The molecule has 0 N–H and O–H groups in total. The van der Waals surface area contributed by atoms with E-state index < -0.39 is 0 Å². The van der Waals surface area contributed by atoms with Crippen LogP contribution >= 0.6 is 0 Å². The van der Waals surface area contributed by atoms with Crippen LogP contribution < -0.4 is 0 Å². The van der Waals surface area contributed by atoms with Gasteiger partial charge in [-0.15, -0.1) is 0 Å². The third kappa shape index (κ3) is 7.09. The summed E-state index contributed by atoms with van der Waals surface area (Å²) in [6.07, 6.45) is 0. The zero-order valence-corrected chi connectivity index (χ0v) is 31.7. The van der Waals surface area contributed by atoms with Crippen molar-refractivity contribution in [2.75, 3.05) is 0 Å². The summed E-state index contributed by atoms with van der Waals surface area (Å²) in [5, 5.41) is 2.26. The number of hydrogen-bond donors (Lipinski definition) is 0. The maximum Gasteiger partial charge on any atom is 0.164 e. The highest BCUT2D eigenvalue weighted by molar-refractivity contribution is 5.95. The molecule has 0 bridgehead atoms. The molecule has 272 valence electrons. The van der Waals surface area contributed by atoms with Gasteiger partial charge in [0.2, 0.25) is 0 Å². The first kappa shape index (κ1) is 34.7. The highest BCUT2D eigenvalue weighted by Crippen LogP contribution is 2.36. The number of rotatable bonds is 8. The molecule has 10 rings (SSSR count). The summed E-state index contributed by atoms with van der Waals surface area (Å²) in [5.41, 5.74) is 14.6. The third-order valence-corrected chi connectivity index (χ3v) is 10.7.